The van der Waals surface area contributed by atoms with Gasteiger partial charge >= 0.3 is 0 Å². The van der Waals surface area contributed by atoms with Crippen LogP contribution in [0.3, 0.4) is 0 Å². The van der Waals surface area contributed by atoms with Gasteiger partial charge in [0.25, 0.3) is 0 Å². The maximum Gasteiger partial charge on any atom is 0.189 e. The third-order valence-electron chi connectivity index (χ3n) is 5.05. The highest BCUT2D eigenvalue weighted by molar-refractivity contribution is 7.80. The molecule has 4 rings (SSSR count). The first-order valence-corrected chi connectivity index (χ1v) is 9.16. The number of ether oxygens (including phenoxy) is 1. The second-order valence-electron chi connectivity index (χ2n) is 6.56. The Morgan fingerprint density at radius 1 is 1.33 bits per heavy atom. The molecule has 128 valence electrons. The smallest absolute Gasteiger partial charge is 0.189 e. The number of pyridine rings is 1. The molecule has 0 spiro atoms. The van der Waals surface area contributed by atoms with Gasteiger partial charge in [-0.1, -0.05) is 6.42 Å². The zero-order valence-electron chi connectivity index (χ0n) is 13.8. The molecule has 0 aliphatic carbocycles. The summed E-state index contributed by atoms with van der Waals surface area (Å²) in [6.45, 7) is 4.96. The maximum absolute atomic E-state index is 5.62. The second kappa shape index (κ2) is 7.03. The molecule has 0 saturated carbocycles. The fourth-order valence-corrected chi connectivity index (χ4v) is 3.95. The number of nitrogens with zero attached hydrogens (tertiary/aromatic N) is 4. The molecule has 24 heavy (non-hydrogen) atoms. The van der Waals surface area contributed by atoms with Crippen molar-refractivity contribution in [1.29, 1.82) is 0 Å². The Labute approximate surface area is 147 Å². The lowest BCUT2D eigenvalue weighted by Gasteiger charge is -2.44. The van der Waals surface area contributed by atoms with Crippen LogP contribution in [0.5, 0.6) is 5.75 Å². The normalized spacial score (nSPS) is 25.6. The summed E-state index contributed by atoms with van der Waals surface area (Å²) in [6.07, 6.45) is 6.46. The van der Waals surface area contributed by atoms with Crippen molar-refractivity contribution < 1.29 is 4.74 Å². The van der Waals surface area contributed by atoms with Crippen LogP contribution >= 0.6 is 12.2 Å². The molecular formula is C17H23N5OS. The lowest BCUT2D eigenvalue weighted by Crippen LogP contribution is -2.57. The van der Waals surface area contributed by atoms with E-state index >= 15 is 0 Å². The van der Waals surface area contributed by atoms with E-state index in [2.05, 4.69) is 25.3 Å². The standard InChI is InChI=1S/C17H23N5OS/c24-17(22-10-9-21-8-2-1-4-13(21)12-22)20-19-14-6-11-23-15-5-3-7-18-16(14)15/h3,5,7,13H,1-2,4,6,8-12H2,(H,20,24)/b19-14-. The highest BCUT2D eigenvalue weighted by Gasteiger charge is 2.29. The van der Waals surface area contributed by atoms with Crippen LogP contribution in [-0.4, -0.2) is 64.4 Å². The van der Waals surface area contributed by atoms with Crippen molar-refractivity contribution in [3.63, 3.8) is 0 Å². The van der Waals surface area contributed by atoms with Gasteiger partial charge < -0.3 is 9.64 Å². The van der Waals surface area contributed by atoms with Crippen LogP contribution in [0, 0.1) is 0 Å². The van der Waals surface area contributed by atoms with Gasteiger partial charge in [-0.05, 0) is 43.7 Å². The fourth-order valence-electron chi connectivity index (χ4n) is 3.74. The Kier molecular flexibility index (Phi) is 4.62. The number of piperazine rings is 1. The first kappa shape index (κ1) is 15.8. The molecule has 3 aliphatic heterocycles. The van der Waals surface area contributed by atoms with Gasteiger partial charge in [-0.25, -0.2) is 0 Å². The predicted molar refractivity (Wildman–Crippen MR) is 97.4 cm³/mol. The molecule has 1 N–H and O–H groups in total. The quantitative estimate of drug-likeness (QED) is 0.617. The first-order valence-electron chi connectivity index (χ1n) is 8.75. The van der Waals surface area contributed by atoms with Crippen molar-refractivity contribution >= 4 is 23.0 Å². The average Bonchev–Trinajstić information content (AvgIpc) is 2.65. The third-order valence-corrected chi connectivity index (χ3v) is 5.40. The molecule has 1 unspecified atom stereocenters. The van der Waals surface area contributed by atoms with Gasteiger partial charge in [0.05, 0.1) is 12.3 Å². The van der Waals surface area contributed by atoms with Crippen LogP contribution in [0.1, 0.15) is 31.4 Å². The van der Waals surface area contributed by atoms with E-state index in [1.807, 2.05) is 12.1 Å². The van der Waals surface area contributed by atoms with Gasteiger partial charge in [-0.2, -0.15) is 5.10 Å². The van der Waals surface area contributed by atoms with Gasteiger partial charge in [0.15, 0.2) is 5.11 Å². The van der Waals surface area contributed by atoms with E-state index in [1.54, 1.807) is 6.20 Å². The Hall–Kier alpha value is -1.73. The summed E-state index contributed by atoms with van der Waals surface area (Å²) in [5.74, 6) is 0.797. The minimum Gasteiger partial charge on any atom is -0.491 e. The lowest BCUT2D eigenvalue weighted by atomic mass is 10.00. The number of rotatable bonds is 1. The molecule has 0 amide bonds. The van der Waals surface area contributed by atoms with Crippen LogP contribution in [0.2, 0.25) is 0 Å². The van der Waals surface area contributed by atoms with Gasteiger partial charge in [-0.15, -0.1) is 0 Å². The van der Waals surface area contributed by atoms with Crippen LogP contribution in [-0.2, 0) is 0 Å². The number of hydrogen-bond donors (Lipinski definition) is 1. The molecule has 3 aliphatic rings. The third kappa shape index (κ3) is 3.23. The summed E-state index contributed by atoms with van der Waals surface area (Å²) in [5, 5.41) is 5.25. The van der Waals surface area contributed by atoms with E-state index in [-0.39, 0.29) is 0 Å². The molecule has 6 nitrogen and oxygen atoms in total. The van der Waals surface area contributed by atoms with Crippen LogP contribution in [0.25, 0.3) is 0 Å². The van der Waals surface area contributed by atoms with Crippen LogP contribution in [0.4, 0.5) is 0 Å². The minimum absolute atomic E-state index is 0.632. The molecule has 0 radical (unpaired) electrons. The predicted octanol–water partition coefficient (Wildman–Crippen LogP) is 1.61. The largest absolute Gasteiger partial charge is 0.491 e. The van der Waals surface area contributed by atoms with Crippen molar-refractivity contribution in [1.82, 2.24) is 20.2 Å². The zero-order chi connectivity index (χ0) is 16.4. The first-order chi connectivity index (χ1) is 11.8. The topological polar surface area (TPSA) is 53.0 Å². The van der Waals surface area contributed by atoms with Gasteiger partial charge in [0.1, 0.15) is 11.4 Å². The van der Waals surface area contributed by atoms with E-state index in [0.29, 0.717) is 12.6 Å². The Morgan fingerprint density at radius 2 is 2.29 bits per heavy atom. The fraction of sp³-hybridized carbons (Fsp3) is 0.588. The molecular weight excluding hydrogens is 322 g/mol. The molecule has 1 aromatic heterocycles. The number of thiocarbonyl (C=S) groups is 1. The molecule has 1 aromatic rings. The van der Waals surface area contributed by atoms with Crippen molar-refractivity contribution in [2.24, 2.45) is 5.10 Å². The Morgan fingerprint density at radius 3 is 3.25 bits per heavy atom. The summed E-state index contributed by atoms with van der Waals surface area (Å²) in [4.78, 5) is 9.24. The molecule has 1 atom stereocenters. The lowest BCUT2D eigenvalue weighted by molar-refractivity contribution is 0.0799. The van der Waals surface area contributed by atoms with E-state index < -0.39 is 0 Å². The van der Waals surface area contributed by atoms with Gasteiger partial charge in [0.2, 0.25) is 0 Å². The van der Waals surface area contributed by atoms with E-state index in [4.69, 9.17) is 17.0 Å². The van der Waals surface area contributed by atoms with Gasteiger partial charge in [-0.3, -0.25) is 15.3 Å². The number of hydrogen-bond acceptors (Lipinski definition) is 5. The molecule has 7 heteroatoms. The average molecular weight is 345 g/mol. The van der Waals surface area contributed by atoms with Crippen molar-refractivity contribution in [3.05, 3.63) is 24.0 Å². The summed E-state index contributed by atoms with van der Waals surface area (Å²) in [7, 11) is 0. The summed E-state index contributed by atoms with van der Waals surface area (Å²) in [6, 6.07) is 4.45. The highest BCUT2D eigenvalue weighted by Crippen LogP contribution is 2.23. The number of fused-ring (bicyclic) bond motifs is 2. The number of hydrazone groups is 1. The summed E-state index contributed by atoms with van der Waals surface area (Å²) < 4.78 is 5.62. The molecule has 2 fully saturated rings. The van der Waals surface area contributed by atoms with Crippen molar-refractivity contribution in [2.75, 3.05) is 32.8 Å². The monoisotopic (exact) mass is 345 g/mol. The van der Waals surface area contributed by atoms with Crippen LogP contribution in [0.15, 0.2) is 23.4 Å². The Balaban J connectivity index is 1.40. The van der Waals surface area contributed by atoms with E-state index in [9.17, 15) is 0 Å². The molecule has 0 aromatic carbocycles. The number of piperidine rings is 1. The maximum atomic E-state index is 5.62. The number of aromatic nitrogens is 1. The molecule has 0 bridgehead atoms. The minimum atomic E-state index is 0.632. The second-order valence-corrected chi connectivity index (χ2v) is 6.94. The summed E-state index contributed by atoms with van der Waals surface area (Å²) >= 11 is 5.57. The summed E-state index contributed by atoms with van der Waals surface area (Å²) in [5.41, 5.74) is 4.82. The van der Waals surface area contributed by atoms with Gasteiger partial charge in [0, 0.05) is 38.3 Å². The Bertz CT molecular complexity index is 650. The number of nitrogens with one attached hydrogen (secondary N) is 1. The molecule has 4 heterocycles. The van der Waals surface area contributed by atoms with E-state index in [1.165, 1.54) is 25.8 Å². The zero-order valence-corrected chi connectivity index (χ0v) is 14.6. The SMILES string of the molecule is S=C(N/N=C1/CCOc2cccnc21)N1CCN2CCCCC2C1. The molecule has 2 saturated heterocycles. The van der Waals surface area contributed by atoms with Crippen LogP contribution < -0.4 is 10.2 Å². The van der Waals surface area contributed by atoms with E-state index in [0.717, 1.165) is 48.3 Å². The highest BCUT2D eigenvalue weighted by atomic mass is 32.1. The van der Waals surface area contributed by atoms with Crippen molar-refractivity contribution in [3.8, 4) is 5.75 Å². The van der Waals surface area contributed by atoms with Crippen molar-refractivity contribution in [2.45, 2.75) is 31.7 Å².